The smallest absolute Gasteiger partial charge is 0.166 e. The predicted octanol–water partition coefficient (Wildman–Crippen LogP) is 15.7. The largest absolute Gasteiger partial charge is 0.456 e. The van der Waals surface area contributed by atoms with Crippen LogP contribution in [0.25, 0.3) is 136 Å². The molecular formula is C57H32N4OS. The Hall–Kier alpha value is -8.19. The van der Waals surface area contributed by atoms with Crippen molar-refractivity contribution in [2.24, 2.45) is 0 Å². The number of aromatic nitrogens is 4. The lowest BCUT2D eigenvalue weighted by atomic mass is 10.0. The first kappa shape index (κ1) is 34.5. The van der Waals surface area contributed by atoms with Crippen molar-refractivity contribution in [3.63, 3.8) is 0 Å². The third-order valence-electron chi connectivity index (χ3n) is 12.8. The van der Waals surface area contributed by atoms with E-state index >= 15 is 0 Å². The average Bonchev–Trinajstić information content (AvgIpc) is 4.00. The van der Waals surface area contributed by atoms with E-state index < -0.39 is 0 Å². The Morgan fingerprint density at radius 1 is 0.349 bits per heavy atom. The Bertz CT molecular complexity index is 4130. The minimum Gasteiger partial charge on any atom is -0.456 e. The fourth-order valence-electron chi connectivity index (χ4n) is 9.89. The van der Waals surface area contributed by atoms with Gasteiger partial charge in [-0.15, -0.1) is 11.3 Å². The van der Waals surface area contributed by atoms with Gasteiger partial charge in [0.05, 0.1) is 16.7 Å². The summed E-state index contributed by atoms with van der Waals surface area (Å²) in [7, 11) is 0. The summed E-state index contributed by atoms with van der Waals surface area (Å²) in [6.07, 6.45) is 0. The lowest BCUT2D eigenvalue weighted by Crippen LogP contribution is -2.04. The van der Waals surface area contributed by atoms with Crippen LogP contribution < -0.4 is 0 Å². The first-order valence-electron chi connectivity index (χ1n) is 21.2. The molecule has 63 heavy (non-hydrogen) atoms. The second-order valence-electron chi connectivity index (χ2n) is 16.3. The molecule has 0 aliphatic carbocycles. The standard InChI is InChI=1S/C57H32N4OS/c1-3-16-36-29-47-43(27-34(36)14-1)44-28-35-15-2-4-17-37(35)30-48(44)61(47)49-31-45-39-20-7-9-24-50(39)62-51(45)32-46(49)57-59-55(40-22-11-18-33-13-5-6-19-38(33)40)58-56(60-57)42-23-12-26-53-54(42)41-21-8-10-25-52(41)63-53/h1-32H. The SMILES string of the molecule is c1ccc2cc3c(cc2c1)c1cc2ccccc2cc1n3-c1cc2c(cc1-c1nc(-c3cccc4ccccc34)nc(-c3cccc4sc5ccccc5c34)n1)oc1ccccc12. The van der Waals surface area contributed by atoms with Gasteiger partial charge >= 0.3 is 0 Å². The molecule has 10 aromatic carbocycles. The molecule has 0 aliphatic rings. The Morgan fingerprint density at radius 3 is 1.60 bits per heavy atom. The molecule has 292 valence electrons. The van der Waals surface area contributed by atoms with E-state index in [-0.39, 0.29) is 0 Å². The molecule has 0 fully saturated rings. The molecule has 0 amide bonds. The molecule has 14 rings (SSSR count). The van der Waals surface area contributed by atoms with Crippen LogP contribution in [-0.4, -0.2) is 19.5 Å². The number of thiophene rings is 1. The summed E-state index contributed by atoms with van der Waals surface area (Å²) in [5.74, 6) is 1.79. The van der Waals surface area contributed by atoms with E-state index in [1.165, 1.54) is 47.1 Å². The van der Waals surface area contributed by atoms with Crippen molar-refractivity contribution in [2.45, 2.75) is 0 Å². The normalized spacial score (nSPS) is 12.1. The zero-order valence-corrected chi connectivity index (χ0v) is 34.4. The summed E-state index contributed by atoms with van der Waals surface area (Å²) in [5, 5.41) is 13.7. The Labute approximate surface area is 363 Å². The highest BCUT2D eigenvalue weighted by Gasteiger charge is 2.24. The van der Waals surface area contributed by atoms with E-state index in [1.54, 1.807) is 11.3 Å². The first-order chi connectivity index (χ1) is 31.2. The monoisotopic (exact) mass is 820 g/mol. The van der Waals surface area contributed by atoms with E-state index in [0.717, 1.165) is 71.5 Å². The number of benzene rings is 10. The van der Waals surface area contributed by atoms with Crippen LogP contribution in [0.3, 0.4) is 0 Å². The summed E-state index contributed by atoms with van der Waals surface area (Å²) in [5.41, 5.74) is 7.52. The zero-order chi connectivity index (χ0) is 41.2. The number of hydrogen-bond acceptors (Lipinski definition) is 5. The van der Waals surface area contributed by atoms with E-state index in [2.05, 4.69) is 187 Å². The number of hydrogen-bond donors (Lipinski definition) is 0. The van der Waals surface area contributed by atoms with Crippen LogP contribution in [0.2, 0.25) is 0 Å². The highest BCUT2D eigenvalue weighted by Crippen LogP contribution is 2.44. The molecule has 5 nitrogen and oxygen atoms in total. The van der Waals surface area contributed by atoms with Crippen molar-refractivity contribution >= 4 is 108 Å². The Balaban J connectivity index is 1.15. The molecule has 0 spiro atoms. The van der Waals surface area contributed by atoms with Crippen LogP contribution >= 0.6 is 11.3 Å². The summed E-state index contributed by atoms with van der Waals surface area (Å²) in [6, 6.07) is 69.2. The van der Waals surface area contributed by atoms with Gasteiger partial charge in [0.1, 0.15) is 11.2 Å². The summed E-state index contributed by atoms with van der Waals surface area (Å²) in [6.45, 7) is 0. The van der Waals surface area contributed by atoms with Gasteiger partial charge < -0.3 is 8.98 Å². The van der Waals surface area contributed by atoms with Crippen LogP contribution in [0.5, 0.6) is 0 Å². The van der Waals surface area contributed by atoms with Crippen LogP contribution in [0.15, 0.2) is 199 Å². The highest BCUT2D eigenvalue weighted by atomic mass is 32.1. The molecule has 4 heterocycles. The molecule has 0 unspecified atom stereocenters. The molecule has 0 bridgehead atoms. The summed E-state index contributed by atoms with van der Waals surface area (Å²) < 4.78 is 11.5. The van der Waals surface area contributed by atoms with Crippen molar-refractivity contribution in [3.05, 3.63) is 194 Å². The quantitative estimate of drug-likeness (QED) is 0.177. The lowest BCUT2D eigenvalue weighted by molar-refractivity contribution is 0.669. The number of rotatable bonds is 4. The van der Waals surface area contributed by atoms with E-state index in [9.17, 15) is 0 Å². The van der Waals surface area contributed by atoms with Crippen molar-refractivity contribution in [1.82, 2.24) is 19.5 Å². The number of fused-ring (bicyclic) bond motifs is 12. The molecule has 0 aliphatic heterocycles. The average molecular weight is 821 g/mol. The molecule has 0 N–H and O–H groups in total. The first-order valence-corrected chi connectivity index (χ1v) is 22.0. The third-order valence-corrected chi connectivity index (χ3v) is 13.9. The topological polar surface area (TPSA) is 56.7 Å². The van der Waals surface area contributed by atoms with Crippen molar-refractivity contribution in [3.8, 4) is 39.9 Å². The maximum Gasteiger partial charge on any atom is 0.166 e. The number of para-hydroxylation sites is 1. The number of furan rings is 1. The van der Waals surface area contributed by atoms with E-state index in [4.69, 9.17) is 19.4 Å². The van der Waals surface area contributed by atoms with Gasteiger partial charge in [0.15, 0.2) is 17.5 Å². The van der Waals surface area contributed by atoms with Gasteiger partial charge in [-0.2, -0.15) is 0 Å². The van der Waals surface area contributed by atoms with Gasteiger partial charge in [0, 0.05) is 58.4 Å². The molecule has 0 saturated heterocycles. The van der Waals surface area contributed by atoms with Gasteiger partial charge in [-0.25, -0.2) is 15.0 Å². The third kappa shape index (κ3) is 5.19. The molecule has 14 aromatic rings. The molecule has 6 heteroatoms. The van der Waals surface area contributed by atoms with Gasteiger partial charge in [-0.3, -0.25) is 0 Å². The number of nitrogens with zero attached hydrogens (tertiary/aromatic N) is 4. The van der Waals surface area contributed by atoms with E-state index in [0.29, 0.717) is 17.5 Å². The van der Waals surface area contributed by atoms with Gasteiger partial charge in [-0.05, 0) is 86.9 Å². The fraction of sp³-hybridized carbons (Fsp3) is 0. The second-order valence-corrected chi connectivity index (χ2v) is 17.4. The van der Waals surface area contributed by atoms with Crippen molar-refractivity contribution < 1.29 is 4.42 Å². The van der Waals surface area contributed by atoms with Gasteiger partial charge in [0.2, 0.25) is 0 Å². The van der Waals surface area contributed by atoms with Crippen LogP contribution in [0.4, 0.5) is 0 Å². The molecule has 0 saturated carbocycles. The van der Waals surface area contributed by atoms with Gasteiger partial charge in [-0.1, -0.05) is 140 Å². The minimum atomic E-state index is 0.563. The maximum atomic E-state index is 6.68. The summed E-state index contributed by atoms with van der Waals surface area (Å²) >= 11 is 1.79. The second kappa shape index (κ2) is 13.2. The molecular weight excluding hydrogens is 789 g/mol. The highest BCUT2D eigenvalue weighted by molar-refractivity contribution is 7.25. The molecule has 0 radical (unpaired) electrons. The Morgan fingerprint density at radius 2 is 0.873 bits per heavy atom. The zero-order valence-electron chi connectivity index (χ0n) is 33.6. The lowest BCUT2D eigenvalue weighted by Gasteiger charge is -2.16. The Kier molecular flexibility index (Phi) is 7.21. The van der Waals surface area contributed by atoms with Crippen LogP contribution in [-0.2, 0) is 0 Å². The summed E-state index contributed by atoms with van der Waals surface area (Å²) in [4.78, 5) is 16.4. The van der Waals surface area contributed by atoms with Crippen LogP contribution in [0, 0.1) is 0 Å². The molecule has 4 aromatic heterocycles. The molecule has 0 atom stereocenters. The maximum absolute atomic E-state index is 6.68. The van der Waals surface area contributed by atoms with E-state index in [1.807, 2.05) is 12.1 Å². The van der Waals surface area contributed by atoms with Crippen LogP contribution in [0.1, 0.15) is 0 Å². The fourth-order valence-corrected chi connectivity index (χ4v) is 11.0. The van der Waals surface area contributed by atoms with Crippen molar-refractivity contribution in [2.75, 3.05) is 0 Å². The van der Waals surface area contributed by atoms with Crippen molar-refractivity contribution in [1.29, 1.82) is 0 Å². The minimum absolute atomic E-state index is 0.563. The predicted molar refractivity (Wildman–Crippen MR) is 263 cm³/mol. The van der Waals surface area contributed by atoms with Gasteiger partial charge in [0.25, 0.3) is 0 Å².